The van der Waals surface area contributed by atoms with Crippen molar-refractivity contribution in [1.29, 1.82) is 0 Å². The maximum Gasteiger partial charge on any atom is -0.0386 e. The molecule has 0 amide bonds. The van der Waals surface area contributed by atoms with Gasteiger partial charge in [0.15, 0.2) is 0 Å². The second-order valence-electron chi connectivity index (χ2n) is 7.08. The van der Waals surface area contributed by atoms with Gasteiger partial charge in [0.1, 0.15) is 0 Å². The molecule has 1 unspecified atom stereocenters. The summed E-state index contributed by atoms with van der Waals surface area (Å²) >= 11 is 0. The van der Waals surface area contributed by atoms with Crippen LogP contribution in [0.25, 0.3) is 0 Å². The molecular weight excluding hydrogens is 204 g/mol. The summed E-state index contributed by atoms with van der Waals surface area (Å²) in [4.78, 5) is 0. The van der Waals surface area contributed by atoms with Crippen molar-refractivity contribution in [3.63, 3.8) is 0 Å². The smallest absolute Gasteiger partial charge is 0.0386 e. The van der Waals surface area contributed by atoms with Crippen molar-refractivity contribution in [3.8, 4) is 0 Å². The van der Waals surface area contributed by atoms with Crippen molar-refractivity contribution < 1.29 is 0 Å². The summed E-state index contributed by atoms with van der Waals surface area (Å²) < 4.78 is 0. The highest BCUT2D eigenvalue weighted by atomic mass is 14.4. The van der Waals surface area contributed by atoms with Crippen LogP contribution in [-0.2, 0) is 0 Å². The summed E-state index contributed by atoms with van der Waals surface area (Å²) in [6, 6.07) is 0. The Morgan fingerprint density at radius 2 is 1.29 bits per heavy atom. The molecule has 0 aromatic heterocycles. The van der Waals surface area contributed by atoms with E-state index in [1.165, 1.54) is 32.1 Å². The molecule has 100 valence electrons. The van der Waals surface area contributed by atoms with Crippen molar-refractivity contribution in [2.45, 2.75) is 78.6 Å². The van der Waals surface area contributed by atoms with Crippen LogP contribution in [0.2, 0.25) is 0 Å². The van der Waals surface area contributed by atoms with Crippen LogP contribution < -0.4 is 0 Å². The summed E-state index contributed by atoms with van der Waals surface area (Å²) in [6.45, 7) is 7.27. The minimum Gasteiger partial charge on any atom is -0.0651 e. The molecule has 0 nitrogen and oxygen atoms in total. The highest BCUT2D eigenvalue weighted by molar-refractivity contribution is 4.82. The quantitative estimate of drug-likeness (QED) is 0.592. The molecule has 0 heteroatoms. The lowest BCUT2D eigenvalue weighted by Gasteiger charge is -2.38. The summed E-state index contributed by atoms with van der Waals surface area (Å²) in [5.41, 5.74) is 0. The van der Waals surface area contributed by atoms with E-state index < -0.39 is 0 Å². The molecule has 2 aliphatic rings. The minimum atomic E-state index is 0.974. The summed E-state index contributed by atoms with van der Waals surface area (Å²) in [5.74, 6) is 5.25. The van der Waals surface area contributed by atoms with Gasteiger partial charge in [-0.3, -0.25) is 0 Å². The Morgan fingerprint density at radius 1 is 0.824 bits per heavy atom. The molecule has 0 saturated heterocycles. The topological polar surface area (TPSA) is 0 Å². The van der Waals surface area contributed by atoms with Gasteiger partial charge in [-0.05, 0) is 68.1 Å². The zero-order chi connectivity index (χ0) is 12.3. The molecular formula is C17H32. The molecule has 0 N–H and O–H groups in total. The third kappa shape index (κ3) is 3.48. The Hall–Kier alpha value is 0. The molecule has 0 heterocycles. The Bertz CT molecular complexity index is 204. The Labute approximate surface area is 109 Å². The molecule has 0 spiro atoms. The van der Waals surface area contributed by atoms with Crippen molar-refractivity contribution >= 4 is 0 Å². The van der Waals surface area contributed by atoms with Crippen LogP contribution in [-0.4, -0.2) is 0 Å². The first-order valence-corrected chi connectivity index (χ1v) is 8.20. The normalized spacial score (nSPS) is 41.1. The third-order valence-electron chi connectivity index (χ3n) is 5.99. The molecule has 2 aliphatic carbocycles. The first-order valence-electron chi connectivity index (χ1n) is 8.20. The van der Waals surface area contributed by atoms with Gasteiger partial charge in [0.2, 0.25) is 0 Å². The van der Waals surface area contributed by atoms with Crippen LogP contribution in [0, 0.1) is 29.6 Å². The molecule has 2 fully saturated rings. The Balaban J connectivity index is 1.75. The standard InChI is InChI=1S/C17H32/c1-4-14(3)15-9-11-17(12-10-15)16-7-5-13(2)6-8-16/h13-17H,4-12H2,1-3H3. The van der Waals surface area contributed by atoms with Crippen LogP contribution in [0.5, 0.6) is 0 Å². The maximum absolute atomic E-state index is 2.47. The van der Waals surface area contributed by atoms with Gasteiger partial charge in [-0.25, -0.2) is 0 Å². The number of rotatable bonds is 3. The molecule has 2 rings (SSSR count). The molecule has 17 heavy (non-hydrogen) atoms. The second kappa shape index (κ2) is 6.25. The average Bonchev–Trinajstić information content (AvgIpc) is 2.39. The van der Waals surface area contributed by atoms with E-state index in [2.05, 4.69) is 20.8 Å². The Morgan fingerprint density at radius 3 is 1.76 bits per heavy atom. The van der Waals surface area contributed by atoms with E-state index in [4.69, 9.17) is 0 Å². The fourth-order valence-electron chi connectivity index (χ4n) is 4.28. The fourth-order valence-corrected chi connectivity index (χ4v) is 4.28. The zero-order valence-corrected chi connectivity index (χ0v) is 12.3. The number of hydrogen-bond acceptors (Lipinski definition) is 0. The lowest BCUT2D eigenvalue weighted by atomic mass is 9.67. The van der Waals surface area contributed by atoms with Gasteiger partial charge in [0.25, 0.3) is 0 Å². The monoisotopic (exact) mass is 236 g/mol. The summed E-state index contributed by atoms with van der Waals surface area (Å²) in [7, 11) is 0. The lowest BCUT2D eigenvalue weighted by molar-refractivity contribution is 0.130. The van der Waals surface area contributed by atoms with Crippen LogP contribution >= 0.6 is 0 Å². The fraction of sp³-hybridized carbons (Fsp3) is 1.00. The van der Waals surface area contributed by atoms with E-state index in [0.29, 0.717) is 0 Å². The predicted molar refractivity (Wildman–Crippen MR) is 76.0 cm³/mol. The van der Waals surface area contributed by atoms with E-state index in [9.17, 15) is 0 Å². The van der Waals surface area contributed by atoms with Crippen LogP contribution in [0.4, 0.5) is 0 Å². The molecule has 0 bridgehead atoms. The van der Waals surface area contributed by atoms with Gasteiger partial charge >= 0.3 is 0 Å². The van der Waals surface area contributed by atoms with Gasteiger partial charge in [0, 0.05) is 0 Å². The van der Waals surface area contributed by atoms with Gasteiger partial charge in [-0.2, -0.15) is 0 Å². The van der Waals surface area contributed by atoms with Gasteiger partial charge in [-0.15, -0.1) is 0 Å². The third-order valence-corrected chi connectivity index (χ3v) is 5.99. The lowest BCUT2D eigenvalue weighted by Crippen LogP contribution is -2.27. The Kier molecular flexibility index (Phi) is 4.94. The average molecular weight is 236 g/mol. The summed E-state index contributed by atoms with van der Waals surface area (Å²) in [5, 5.41) is 0. The van der Waals surface area contributed by atoms with Crippen LogP contribution in [0.15, 0.2) is 0 Å². The van der Waals surface area contributed by atoms with Crippen molar-refractivity contribution in [2.75, 3.05) is 0 Å². The molecule has 1 atom stereocenters. The van der Waals surface area contributed by atoms with Crippen molar-refractivity contribution in [3.05, 3.63) is 0 Å². The van der Waals surface area contributed by atoms with E-state index in [1.807, 2.05) is 0 Å². The van der Waals surface area contributed by atoms with Crippen molar-refractivity contribution in [2.24, 2.45) is 29.6 Å². The van der Waals surface area contributed by atoms with Gasteiger partial charge < -0.3 is 0 Å². The van der Waals surface area contributed by atoms with Gasteiger partial charge in [-0.1, -0.05) is 40.0 Å². The van der Waals surface area contributed by atoms with Gasteiger partial charge in [0.05, 0.1) is 0 Å². The molecule has 0 aliphatic heterocycles. The molecule has 0 aromatic rings. The minimum absolute atomic E-state index is 0.974. The molecule has 2 saturated carbocycles. The maximum atomic E-state index is 2.47. The SMILES string of the molecule is CCC(C)C1CCC(C2CCC(C)CC2)CC1. The first kappa shape index (κ1) is 13.4. The predicted octanol–water partition coefficient (Wildman–Crippen LogP) is 5.67. The number of hydrogen-bond donors (Lipinski definition) is 0. The van der Waals surface area contributed by atoms with Crippen LogP contribution in [0.1, 0.15) is 78.6 Å². The molecule has 0 aromatic carbocycles. The highest BCUT2D eigenvalue weighted by Gasteiger charge is 2.30. The van der Waals surface area contributed by atoms with E-state index >= 15 is 0 Å². The first-order chi connectivity index (χ1) is 8.20. The van der Waals surface area contributed by atoms with E-state index in [1.54, 1.807) is 25.7 Å². The largest absolute Gasteiger partial charge is 0.0651 e. The molecule has 0 radical (unpaired) electrons. The zero-order valence-electron chi connectivity index (χ0n) is 12.3. The summed E-state index contributed by atoms with van der Waals surface area (Å²) in [6.07, 6.45) is 13.7. The van der Waals surface area contributed by atoms with E-state index in [0.717, 1.165) is 29.6 Å². The second-order valence-corrected chi connectivity index (χ2v) is 7.08. The van der Waals surface area contributed by atoms with Crippen LogP contribution in [0.3, 0.4) is 0 Å². The highest BCUT2D eigenvalue weighted by Crippen LogP contribution is 2.43. The van der Waals surface area contributed by atoms with Crippen molar-refractivity contribution in [1.82, 2.24) is 0 Å². The van der Waals surface area contributed by atoms with E-state index in [-0.39, 0.29) is 0 Å².